The van der Waals surface area contributed by atoms with Crippen molar-refractivity contribution in [3.63, 3.8) is 0 Å². The largest absolute Gasteiger partial charge is 0.457 e. The summed E-state index contributed by atoms with van der Waals surface area (Å²) in [4.78, 5) is 0. The number of para-hydroxylation sites is 1. The molecule has 0 radical (unpaired) electrons. The van der Waals surface area contributed by atoms with Gasteiger partial charge in [-0.25, -0.2) is 0 Å². The van der Waals surface area contributed by atoms with Crippen LogP contribution in [0.2, 0.25) is 0 Å². The number of rotatable bonds is 4. The Labute approximate surface area is 158 Å². The Kier molecular flexibility index (Phi) is 6.41. The second-order valence-corrected chi connectivity index (χ2v) is 8.23. The first-order valence-corrected chi connectivity index (χ1v) is 10.3. The second kappa shape index (κ2) is 8.75. The van der Waals surface area contributed by atoms with E-state index in [0.717, 1.165) is 20.9 Å². The van der Waals surface area contributed by atoms with Crippen LogP contribution >= 0.6 is 46.1 Å². The van der Waals surface area contributed by atoms with E-state index in [1.807, 2.05) is 78.1 Å². The molecule has 0 aromatic heterocycles. The van der Waals surface area contributed by atoms with Gasteiger partial charge < -0.3 is 4.74 Å². The van der Waals surface area contributed by atoms with Gasteiger partial charge in [0.1, 0.15) is 15.2 Å². The first kappa shape index (κ1) is 16.9. The van der Waals surface area contributed by atoms with E-state index in [1.165, 1.54) is 22.2 Å². The average molecular weight is 454 g/mol. The second-order valence-electron chi connectivity index (χ2n) is 4.74. The summed E-state index contributed by atoms with van der Waals surface area (Å²) < 4.78 is 8.02. The van der Waals surface area contributed by atoms with Crippen LogP contribution in [-0.4, -0.2) is 11.5 Å². The van der Waals surface area contributed by atoms with Gasteiger partial charge in [-0.1, -0.05) is 18.2 Å². The normalized spacial score (nSPS) is 14.9. The van der Waals surface area contributed by atoms with E-state index < -0.39 is 0 Å². The summed E-state index contributed by atoms with van der Waals surface area (Å²) in [5.74, 6) is 3.97. The molecule has 1 saturated heterocycles. The first-order chi connectivity index (χ1) is 11.3. The Morgan fingerprint density at radius 1 is 0.913 bits per heavy atom. The van der Waals surface area contributed by atoms with Gasteiger partial charge >= 0.3 is 0 Å². The van der Waals surface area contributed by atoms with Crippen molar-refractivity contribution in [3.05, 3.63) is 62.5 Å². The van der Waals surface area contributed by atoms with Crippen molar-refractivity contribution >= 4 is 51.8 Å². The van der Waals surface area contributed by atoms with Crippen LogP contribution in [0.4, 0.5) is 5.69 Å². The van der Waals surface area contributed by atoms with Crippen LogP contribution in [0.1, 0.15) is 6.42 Å². The maximum absolute atomic E-state index is 5.76. The van der Waals surface area contributed by atoms with Crippen molar-refractivity contribution in [2.75, 3.05) is 11.5 Å². The van der Waals surface area contributed by atoms with Crippen LogP contribution in [0.3, 0.4) is 0 Å². The predicted octanol–water partition coefficient (Wildman–Crippen LogP) is 6.99. The van der Waals surface area contributed by atoms with Gasteiger partial charge in [0.2, 0.25) is 0 Å². The predicted molar refractivity (Wildman–Crippen MR) is 108 cm³/mol. The molecule has 0 atom stereocenters. The maximum atomic E-state index is 5.76. The standard InChI is InChI=1S/C17H15IN2OS2/c18-16(17-22-11-4-12-23-17)20-19-13-7-9-15(10-8-13)21-14-5-2-1-3-6-14/h1-3,5-10H,4,11-12H2. The molecule has 0 bridgehead atoms. The summed E-state index contributed by atoms with van der Waals surface area (Å²) >= 11 is 6.01. The van der Waals surface area contributed by atoms with Crippen LogP contribution in [0.25, 0.3) is 0 Å². The Morgan fingerprint density at radius 2 is 1.57 bits per heavy atom. The average Bonchev–Trinajstić information content (AvgIpc) is 2.62. The topological polar surface area (TPSA) is 34.0 Å². The summed E-state index contributed by atoms with van der Waals surface area (Å²) in [5, 5.41) is 8.65. The molecule has 0 N–H and O–H groups in total. The van der Waals surface area contributed by atoms with Crippen molar-refractivity contribution in [2.45, 2.75) is 6.42 Å². The van der Waals surface area contributed by atoms with Crippen molar-refractivity contribution in [3.8, 4) is 11.5 Å². The van der Waals surface area contributed by atoms with E-state index in [4.69, 9.17) is 4.74 Å². The van der Waals surface area contributed by atoms with Gasteiger partial charge in [0.15, 0.2) is 0 Å². The lowest BCUT2D eigenvalue weighted by Crippen LogP contribution is -1.92. The highest BCUT2D eigenvalue weighted by atomic mass is 127. The van der Waals surface area contributed by atoms with E-state index in [1.54, 1.807) is 0 Å². The number of nitrogens with zero attached hydrogens (tertiary/aromatic N) is 2. The molecule has 118 valence electrons. The fraction of sp³-hybridized carbons (Fsp3) is 0.176. The van der Waals surface area contributed by atoms with Gasteiger partial charge in [0.25, 0.3) is 0 Å². The molecule has 1 aliphatic rings. The molecular formula is C17H15IN2OS2. The van der Waals surface area contributed by atoms with E-state index >= 15 is 0 Å². The number of halogens is 1. The number of thioether (sulfide) groups is 2. The lowest BCUT2D eigenvalue weighted by atomic mass is 10.3. The van der Waals surface area contributed by atoms with Crippen LogP contribution in [0.5, 0.6) is 11.5 Å². The van der Waals surface area contributed by atoms with Gasteiger partial charge in [0, 0.05) is 0 Å². The van der Waals surface area contributed by atoms with E-state index in [2.05, 4.69) is 32.8 Å². The highest BCUT2D eigenvalue weighted by Gasteiger charge is 2.10. The number of azo groups is 1. The molecular weight excluding hydrogens is 439 g/mol. The Bertz CT molecular complexity index is 694. The molecule has 1 aliphatic heterocycles. The fourth-order valence-corrected chi connectivity index (χ4v) is 5.22. The van der Waals surface area contributed by atoms with Gasteiger partial charge in [-0.05, 0) is 76.9 Å². The van der Waals surface area contributed by atoms with Gasteiger partial charge in [-0.2, -0.15) is 5.11 Å². The number of benzene rings is 2. The molecule has 0 aliphatic carbocycles. The van der Waals surface area contributed by atoms with Gasteiger partial charge in [-0.15, -0.1) is 28.6 Å². The van der Waals surface area contributed by atoms with Crippen LogP contribution in [0.15, 0.2) is 72.8 Å². The summed E-state index contributed by atoms with van der Waals surface area (Å²) in [7, 11) is 0. The Morgan fingerprint density at radius 3 is 2.26 bits per heavy atom. The molecule has 1 fully saturated rings. The molecule has 3 rings (SSSR count). The molecule has 23 heavy (non-hydrogen) atoms. The summed E-state index contributed by atoms with van der Waals surface area (Å²) in [6.45, 7) is 0. The molecule has 1 heterocycles. The molecule has 0 unspecified atom stereocenters. The molecule has 2 aromatic carbocycles. The lowest BCUT2D eigenvalue weighted by molar-refractivity contribution is 0.483. The number of ether oxygens (including phenoxy) is 1. The van der Waals surface area contributed by atoms with Crippen LogP contribution in [-0.2, 0) is 0 Å². The Hall–Kier alpha value is -0.990. The third-order valence-corrected chi connectivity index (χ3v) is 7.08. The van der Waals surface area contributed by atoms with Gasteiger partial charge in [0.05, 0.1) is 9.92 Å². The monoisotopic (exact) mass is 454 g/mol. The minimum absolute atomic E-state index is 0.793. The van der Waals surface area contributed by atoms with Crippen LogP contribution in [0, 0.1) is 0 Å². The minimum Gasteiger partial charge on any atom is -0.457 e. The highest BCUT2D eigenvalue weighted by molar-refractivity contribution is 14.1. The number of hydrogen-bond acceptors (Lipinski definition) is 5. The zero-order valence-electron chi connectivity index (χ0n) is 12.3. The van der Waals surface area contributed by atoms with Crippen molar-refractivity contribution in [1.82, 2.24) is 0 Å². The molecule has 3 nitrogen and oxygen atoms in total. The van der Waals surface area contributed by atoms with Crippen molar-refractivity contribution < 1.29 is 4.74 Å². The minimum atomic E-state index is 0.793. The molecule has 6 heteroatoms. The summed E-state index contributed by atoms with van der Waals surface area (Å²) in [6.07, 6.45) is 1.27. The van der Waals surface area contributed by atoms with Crippen LogP contribution < -0.4 is 4.74 Å². The zero-order chi connectivity index (χ0) is 15.9. The first-order valence-electron chi connectivity index (χ1n) is 7.21. The van der Waals surface area contributed by atoms with E-state index in [0.29, 0.717) is 0 Å². The molecule has 0 amide bonds. The molecule has 2 aromatic rings. The maximum Gasteiger partial charge on any atom is 0.143 e. The summed E-state index contributed by atoms with van der Waals surface area (Å²) in [5.41, 5.74) is 0.825. The lowest BCUT2D eigenvalue weighted by Gasteiger charge is -2.12. The van der Waals surface area contributed by atoms with Crippen molar-refractivity contribution in [1.29, 1.82) is 0 Å². The molecule has 0 saturated carbocycles. The smallest absolute Gasteiger partial charge is 0.143 e. The van der Waals surface area contributed by atoms with Gasteiger partial charge in [-0.3, -0.25) is 0 Å². The fourth-order valence-electron chi connectivity index (χ4n) is 1.90. The third kappa shape index (κ3) is 5.26. The third-order valence-electron chi connectivity index (χ3n) is 2.99. The van der Waals surface area contributed by atoms with E-state index in [9.17, 15) is 0 Å². The molecule has 0 spiro atoms. The quantitative estimate of drug-likeness (QED) is 0.284. The van der Waals surface area contributed by atoms with Crippen molar-refractivity contribution in [2.24, 2.45) is 10.2 Å². The highest BCUT2D eigenvalue weighted by Crippen LogP contribution is 2.39. The summed E-state index contributed by atoms with van der Waals surface area (Å²) in [6, 6.07) is 17.4. The SMILES string of the molecule is IC(N=Nc1ccc(Oc2ccccc2)cc1)=C1SCCCS1. The zero-order valence-corrected chi connectivity index (χ0v) is 16.1. The Balaban J connectivity index is 1.64. The number of hydrogen-bond donors (Lipinski definition) is 0. The van der Waals surface area contributed by atoms with E-state index in [-0.39, 0.29) is 0 Å².